The van der Waals surface area contributed by atoms with Crippen LogP contribution < -0.4 is 15.6 Å². The monoisotopic (exact) mass is 375 g/mol. The fraction of sp³-hybridized carbons (Fsp3) is 0.368. The number of carboxylic acid groups (broad SMARTS) is 1. The highest BCUT2D eigenvalue weighted by atomic mass is 19.1. The number of carbonyl (C=O) groups is 1. The second kappa shape index (κ2) is 6.16. The average molecular weight is 375 g/mol. The van der Waals surface area contributed by atoms with Gasteiger partial charge in [-0.25, -0.2) is 13.6 Å². The maximum absolute atomic E-state index is 15.4. The lowest BCUT2D eigenvalue weighted by atomic mass is 9.75. The van der Waals surface area contributed by atoms with Crippen LogP contribution in [0.4, 0.5) is 14.5 Å². The molecule has 1 aromatic heterocycles. The normalized spacial score (nSPS) is 18.5. The molecule has 1 saturated carbocycles. The third-order valence-corrected chi connectivity index (χ3v) is 5.61. The molecule has 2 fully saturated rings. The predicted molar refractivity (Wildman–Crippen MR) is 98.3 cm³/mol. The van der Waals surface area contributed by atoms with Crippen LogP contribution in [0.2, 0.25) is 0 Å². The Morgan fingerprint density at radius 1 is 1.37 bits per heavy atom. The topological polar surface area (TPSA) is 74.6 Å². The smallest absolute Gasteiger partial charge is 0.341 e. The van der Waals surface area contributed by atoms with E-state index in [1.165, 1.54) is 6.20 Å². The Bertz CT molecular complexity index is 1030. The molecule has 6 nitrogen and oxygen atoms in total. The molecule has 27 heavy (non-hydrogen) atoms. The van der Waals surface area contributed by atoms with Gasteiger partial charge in [-0.05, 0) is 25.3 Å². The van der Waals surface area contributed by atoms with Crippen LogP contribution in [0.3, 0.4) is 0 Å². The molecule has 1 spiro atoms. The van der Waals surface area contributed by atoms with Gasteiger partial charge in [0, 0.05) is 37.6 Å². The summed E-state index contributed by atoms with van der Waals surface area (Å²) in [5.41, 5.74) is -1.96. The molecule has 8 heteroatoms. The molecule has 0 unspecified atom stereocenters. The molecule has 1 aliphatic heterocycles. The summed E-state index contributed by atoms with van der Waals surface area (Å²) >= 11 is 0. The quantitative estimate of drug-likeness (QED) is 0.862. The van der Waals surface area contributed by atoms with Gasteiger partial charge in [0.25, 0.3) is 0 Å². The number of nitrogens with zero attached hydrogens (tertiary/aromatic N) is 2. The Morgan fingerprint density at radius 3 is 2.70 bits per heavy atom. The van der Waals surface area contributed by atoms with Crippen molar-refractivity contribution in [3.05, 3.63) is 46.3 Å². The minimum absolute atomic E-state index is 0.114. The van der Waals surface area contributed by atoms with Crippen molar-refractivity contribution in [3.63, 3.8) is 0 Å². The van der Waals surface area contributed by atoms with Gasteiger partial charge in [-0.2, -0.15) is 0 Å². The summed E-state index contributed by atoms with van der Waals surface area (Å²) in [4.78, 5) is 25.4. The van der Waals surface area contributed by atoms with E-state index in [-0.39, 0.29) is 22.1 Å². The van der Waals surface area contributed by atoms with Crippen molar-refractivity contribution in [2.45, 2.75) is 24.8 Å². The fourth-order valence-electron chi connectivity index (χ4n) is 4.10. The first kappa shape index (κ1) is 17.7. The van der Waals surface area contributed by atoms with Gasteiger partial charge in [0.1, 0.15) is 17.1 Å². The summed E-state index contributed by atoms with van der Waals surface area (Å²) < 4.78 is 31.4. The molecule has 2 aliphatic rings. The van der Waals surface area contributed by atoms with Gasteiger partial charge in [-0.3, -0.25) is 4.79 Å². The SMILES string of the molecule is C=Cn1cc(C(=O)O)c(=O)c2cc(F)c(N3CCNC4(CCC4)C3)c(F)c21. The molecule has 0 atom stereocenters. The van der Waals surface area contributed by atoms with Crippen LogP contribution in [0.5, 0.6) is 0 Å². The molecule has 142 valence electrons. The molecule has 1 saturated heterocycles. The first-order valence-electron chi connectivity index (χ1n) is 8.79. The van der Waals surface area contributed by atoms with Gasteiger partial charge >= 0.3 is 5.97 Å². The molecule has 0 radical (unpaired) electrons. The van der Waals surface area contributed by atoms with Gasteiger partial charge < -0.3 is 19.9 Å². The minimum atomic E-state index is -1.46. The van der Waals surface area contributed by atoms with Gasteiger partial charge in [0.15, 0.2) is 5.82 Å². The number of carboxylic acids is 1. The van der Waals surface area contributed by atoms with Crippen molar-refractivity contribution in [3.8, 4) is 0 Å². The lowest BCUT2D eigenvalue weighted by Crippen LogP contribution is -2.64. The van der Waals surface area contributed by atoms with E-state index >= 15 is 4.39 Å². The molecule has 0 bridgehead atoms. The molecular formula is C19H19F2N3O3. The molecule has 1 aliphatic carbocycles. The fourth-order valence-corrected chi connectivity index (χ4v) is 4.10. The summed E-state index contributed by atoms with van der Waals surface area (Å²) in [5, 5.41) is 12.3. The molecule has 4 rings (SSSR count). The molecule has 2 N–H and O–H groups in total. The number of rotatable bonds is 3. The molecule has 2 aromatic rings. The van der Waals surface area contributed by atoms with Gasteiger partial charge in [0.2, 0.25) is 5.43 Å². The zero-order valence-electron chi connectivity index (χ0n) is 14.6. The summed E-state index contributed by atoms with van der Waals surface area (Å²) in [6.45, 7) is 5.08. The second-order valence-electron chi connectivity index (χ2n) is 7.17. The van der Waals surface area contributed by atoms with E-state index in [0.717, 1.165) is 36.1 Å². The van der Waals surface area contributed by atoms with E-state index < -0.39 is 28.6 Å². The average Bonchev–Trinajstić information content (AvgIpc) is 2.61. The molecule has 0 amide bonds. The molecule has 2 heterocycles. The van der Waals surface area contributed by atoms with Crippen LogP contribution in [-0.4, -0.2) is 40.8 Å². The molecular weight excluding hydrogens is 356 g/mol. The van der Waals surface area contributed by atoms with Crippen molar-refractivity contribution in [2.75, 3.05) is 24.5 Å². The van der Waals surface area contributed by atoms with Gasteiger partial charge in [-0.1, -0.05) is 6.58 Å². The van der Waals surface area contributed by atoms with Crippen LogP contribution in [0, 0.1) is 11.6 Å². The number of aromatic carboxylic acids is 1. The highest BCUT2D eigenvalue weighted by Crippen LogP contribution is 2.38. The maximum Gasteiger partial charge on any atom is 0.341 e. The third kappa shape index (κ3) is 2.63. The summed E-state index contributed by atoms with van der Waals surface area (Å²) in [6.07, 6.45) is 5.21. The van der Waals surface area contributed by atoms with Crippen LogP contribution in [0.15, 0.2) is 23.6 Å². The summed E-state index contributed by atoms with van der Waals surface area (Å²) in [5.74, 6) is -3.21. The van der Waals surface area contributed by atoms with Crippen LogP contribution in [0.1, 0.15) is 29.6 Å². The Labute approximate surface area is 153 Å². The largest absolute Gasteiger partial charge is 0.477 e. The van der Waals surface area contributed by atoms with Crippen molar-refractivity contribution < 1.29 is 18.7 Å². The number of anilines is 1. The van der Waals surface area contributed by atoms with Gasteiger partial charge in [0.05, 0.1) is 10.9 Å². The van der Waals surface area contributed by atoms with Crippen LogP contribution in [-0.2, 0) is 0 Å². The van der Waals surface area contributed by atoms with E-state index in [1.54, 1.807) is 4.90 Å². The Balaban J connectivity index is 1.93. The summed E-state index contributed by atoms with van der Waals surface area (Å²) in [7, 11) is 0. The van der Waals surface area contributed by atoms with Crippen molar-refractivity contribution >= 4 is 28.8 Å². The lowest BCUT2D eigenvalue weighted by Gasteiger charge is -2.50. The number of piperazine rings is 1. The number of hydrogen-bond acceptors (Lipinski definition) is 4. The third-order valence-electron chi connectivity index (χ3n) is 5.61. The number of hydrogen-bond donors (Lipinski definition) is 2. The maximum atomic E-state index is 15.4. The van der Waals surface area contributed by atoms with Crippen molar-refractivity contribution in [1.82, 2.24) is 9.88 Å². The summed E-state index contributed by atoms with van der Waals surface area (Å²) in [6, 6.07) is 0.929. The lowest BCUT2D eigenvalue weighted by molar-refractivity contribution is 0.0695. The Kier molecular flexibility index (Phi) is 4.03. The number of benzene rings is 1. The molecule has 1 aromatic carbocycles. The number of halogens is 2. The number of fused-ring (bicyclic) bond motifs is 1. The Hall–Kier alpha value is -2.74. The van der Waals surface area contributed by atoms with Crippen molar-refractivity contribution in [2.24, 2.45) is 0 Å². The number of nitrogens with one attached hydrogen (secondary N) is 1. The number of aromatic nitrogens is 1. The Morgan fingerprint density at radius 2 is 2.11 bits per heavy atom. The first-order chi connectivity index (χ1) is 12.9. The van der Waals surface area contributed by atoms with Crippen LogP contribution >= 0.6 is 0 Å². The second-order valence-corrected chi connectivity index (χ2v) is 7.17. The zero-order chi connectivity index (χ0) is 19.3. The van der Waals surface area contributed by atoms with E-state index in [1.807, 2.05) is 0 Å². The highest BCUT2D eigenvalue weighted by molar-refractivity contribution is 5.94. The first-order valence-corrected chi connectivity index (χ1v) is 8.79. The van der Waals surface area contributed by atoms with E-state index in [0.29, 0.717) is 19.6 Å². The van der Waals surface area contributed by atoms with Crippen LogP contribution in [0.25, 0.3) is 17.1 Å². The highest BCUT2D eigenvalue weighted by Gasteiger charge is 2.41. The van der Waals surface area contributed by atoms with E-state index in [2.05, 4.69) is 11.9 Å². The van der Waals surface area contributed by atoms with Crippen molar-refractivity contribution in [1.29, 1.82) is 0 Å². The van der Waals surface area contributed by atoms with E-state index in [4.69, 9.17) is 0 Å². The van der Waals surface area contributed by atoms with E-state index in [9.17, 15) is 19.1 Å². The zero-order valence-corrected chi connectivity index (χ0v) is 14.6. The van der Waals surface area contributed by atoms with Gasteiger partial charge in [-0.15, -0.1) is 0 Å². The predicted octanol–water partition coefficient (Wildman–Crippen LogP) is 2.41. The number of pyridine rings is 1. The minimum Gasteiger partial charge on any atom is -0.477 e. The standard InChI is InChI=1S/C19H19F2N3O3/c1-2-23-9-12(18(26)27)17(25)11-8-13(20)16(14(21)15(11)23)24-7-6-22-19(10-24)4-3-5-19/h2,8-9,22H,1,3-7,10H2,(H,26,27).